The molecule has 2 heterocycles. The number of rotatable bonds is 5. The number of aromatic nitrogens is 1. The number of benzene rings is 2. The van der Waals surface area contributed by atoms with Crippen LogP contribution >= 0.6 is 11.6 Å². The summed E-state index contributed by atoms with van der Waals surface area (Å²) in [6, 6.07) is 13.8. The van der Waals surface area contributed by atoms with Gasteiger partial charge in [-0.15, -0.1) is 0 Å². The van der Waals surface area contributed by atoms with Crippen molar-refractivity contribution in [2.45, 2.75) is 26.3 Å². The minimum atomic E-state index is -0.0636. The van der Waals surface area contributed by atoms with E-state index in [1.54, 1.807) is 6.20 Å². The summed E-state index contributed by atoms with van der Waals surface area (Å²) in [5, 5.41) is 2.42. The summed E-state index contributed by atoms with van der Waals surface area (Å²) in [4.78, 5) is 17.0. The van der Waals surface area contributed by atoms with Gasteiger partial charge >= 0.3 is 0 Å². The summed E-state index contributed by atoms with van der Waals surface area (Å²) in [6.07, 6.45) is 3.94. The van der Waals surface area contributed by atoms with Gasteiger partial charge in [-0.3, -0.25) is 9.69 Å². The molecule has 0 aliphatic carbocycles. The average Bonchev–Trinajstić information content (AvgIpc) is 2.67. The fraction of sp³-hybridized carbons (Fsp3) is 0.348. The Balaban J connectivity index is 1.29. The summed E-state index contributed by atoms with van der Waals surface area (Å²) in [5.41, 5.74) is 2.43. The van der Waals surface area contributed by atoms with Crippen LogP contribution in [0.5, 0.6) is 5.75 Å². The minimum absolute atomic E-state index is 0.0636. The molecule has 1 aliphatic rings. The number of halogens is 1. The first-order valence-electron chi connectivity index (χ1n) is 9.79. The molecule has 4 nitrogen and oxygen atoms in total. The van der Waals surface area contributed by atoms with E-state index >= 15 is 0 Å². The molecule has 0 spiro atoms. The van der Waals surface area contributed by atoms with Gasteiger partial charge in [-0.25, -0.2) is 0 Å². The predicted molar refractivity (Wildman–Crippen MR) is 114 cm³/mol. The Hall–Kier alpha value is -2.30. The van der Waals surface area contributed by atoms with E-state index in [1.807, 2.05) is 30.3 Å². The van der Waals surface area contributed by atoms with Crippen molar-refractivity contribution in [3.63, 3.8) is 0 Å². The molecular weight excluding hydrogens is 372 g/mol. The van der Waals surface area contributed by atoms with Crippen molar-refractivity contribution < 1.29 is 4.74 Å². The lowest BCUT2D eigenvalue weighted by atomic mass is 9.97. The Bertz CT molecular complexity index is 1000. The third-order valence-electron chi connectivity index (χ3n) is 5.45. The fourth-order valence-corrected chi connectivity index (χ4v) is 4.26. The standard InChI is InChI=1S/C23H25ClN2O2/c1-16-10-18(12-20(24)11-16)14-26-8-5-17(6-9-26)15-28-21-2-3-22-19(13-21)4-7-25-23(22)27/h2-4,7,10-13,17H,5-6,8-9,14-15H2,1H3,(H,25,27). The number of nitrogens with one attached hydrogen (secondary N) is 1. The van der Waals surface area contributed by atoms with Crippen molar-refractivity contribution in [1.29, 1.82) is 0 Å². The van der Waals surface area contributed by atoms with Crippen molar-refractivity contribution in [3.8, 4) is 5.75 Å². The molecule has 0 amide bonds. The topological polar surface area (TPSA) is 45.3 Å². The van der Waals surface area contributed by atoms with E-state index in [2.05, 4.69) is 28.9 Å². The van der Waals surface area contributed by atoms with Crippen LogP contribution in [0, 0.1) is 12.8 Å². The van der Waals surface area contributed by atoms with E-state index in [-0.39, 0.29) is 5.56 Å². The van der Waals surface area contributed by atoms with E-state index in [0.29, 0.717) is 11.3 Å². The van der Waals surface area contributed by atoms with Gasteiger partial charge in [0.25, 0.3) is 5.56 Å². The van der Waals surface area contributed by atoms with Crippen molar-refractivity contribution in [2.24, 2.45) is 5.92 Å². The van der Waals surface area contributed by atoms with E-state index in [0.717, 1.165) is 55.2 Å². The first-order valence-corrected chi connectivity index (χ1v) is 10.2. The number of fused-ring (bicyclic) bond motifs is 1. The Kier molecular flexibility index (Phi) is 5.69. The van der Waals surface area contributed by atoms with Gasteiger partial charge < -0.3 is 9.72 Å². The van der Waals surface area contributed by atoms with Crippen LogP contribution in [0.15, 0.2) is 53.5 Å². The second-order valence-corrected chi connectivity index (χ2v) is 8.16. The maximum atomic E-state index is 11.8. The third-order valence-corrected chi connectivity index (χ3v) is 5.66. The highest BCUT2D eigenvalue weighted by molar-refractivity contribution is 6.30. The molecule has 1 aromatic heterocycles. The van der Waals surface area contributed by atoms with Gasteiger partial charge in [0.05, 0.1) is 6.61 Å². The van der Waals surface area contributed by atoms with Crippen molar-refractivity contribution in [3.05, 3.63) is 75.2 Å². The zero-order chi connectivity index (χ0) is 19.5. The molecule has 5 heteroatoms. The zero-order valence-electron chi connectivity index (χ0n) is 16.1. The lowest BCUT2D eigenvalue weighted by Crippen LogP contribution is -2.35. The van der Waals surface area contributed by atoms with E-state index in [9.17, 15) is 4.79 Å². The number of H-pyrrole nitrogens is 1. The maximum Gasteiger partial charge on any atom is 0.255 e. The van der Waals surface area contributed by atoms with E-state index < -0.39 is 0 Å². The van der Waals surface area contributed by atoms with Gasteiger partial charge in [0, 0.05) is 23.2 Å². The number of aromatic amines is 1. The normalized spacial score (nSPS) is 15.8. The van der Waals surface area contributed by atoms with Crippen LogP contribution in [-0.4, -0.2) is 29.6 Å². The van der Waals surface area contributed by atoms with Crippen LogP contribution in [0.3, 0.4) is 0 Å². The van der Waals surface area contributed by atoms with Crippen LogP contribution in [0.4, 0.5) is 0 Å². The van der Waals surface area contributed by atoms with Crippen LogP contribution in [0.1, 0.15) is 24.0 Å². The van der Waals surface area contributed by atoms with Crippen LogP contribution in [0.2, 0.25) is 5.02 Å². The highest BCUT2D eigenvalue weighted by Crippen LogP contribution is 2.23. The number of likely N-dealkylation sites (tertiary alicyclic amines) is 1. The van der Waals surface area contributed by atoms with Crippen LogP contribution < -0.4 is 10.3 Å². The molecule has 146 valence electrons. The van der Waals surface area contributed by atoms with Gasteiger partial charge in [-0.2, -0.15) is 0 Å². The number of hydrogen-bond acceptors (Lipinski definition) is 3. The number of ether oxygens (including phenoxy) is 1. The quantitative estimate of drug-likeness (QED) is 0.675. The average molecular weight is 397 g/mol. The summed E-state index contributed by atoms with van der Waals surface area (Å²) >= 11 is 6.18. The van der Waals surface area contributed by atoms with Gasteiger partial charge in [-0.1, -0.05) is 17.7 Å². The van der Waals surface area contributed by atoms with E-state index in [4.69, 9.17) is 16.3 Å². The lowest BCUT2D eigenvalue weighted by molar-refractivity contribution is 0.137. The van der Waals surface area contributed by atoms with Gasteiger partial charge in [0.2, 0.25) is 0 Å². The van der Waals surface area contributed by atoms with Crippen molar-refractivity contribution in [2.75, 3.05) is 19.7 Å². The molecule has 1 aliphatic heterocycles. The first kappa shape index (κ1) is 19.0. The van der Waals surface area contributed by atoms with Crippen molar-refractivity contribution in [1.82, 2.24) is 9.88 Å². The third kappa shape index (κ3) is 4.57. The summed E-state index contributed by atoms with van der Waals surface area (Å²) < 4.78 is 6.03. The maximum absolute atomic E-state index is 11.8. The molecular formula is C23H25ClN2O2. The number of aryl methyl sites for hydroxylation is 1. The smallest absolute Gasteiger partial charge is 0.255 e. The van der Waals surface area contributed by atoms with Gasteiger partial charge in [0.15, 0.2) is 0 Å². The molecule has 0 unspecified atom stereocenters. The second kappa shape index (κ2) is 8.38. The molecule has 2 aromatic carbocycles. The molecule has 0 radical (unpaired) electrons. The molecule has 0 saturated carbocycles. The largest absolute Gasteiger partial charge is 0.493 e. The Labute approximate surface area is 170 Å². The number of hydrogen-bond donors (Lipinski definition) is 1. The molecule has 1 N–H and O–H groups in total. The number of nitrogens with zero attached hydrogens (tertiary/aromatic N) is 1. The summed E-state index contributed by atoms with van der Waals surface area (Å²) in [7, 11) is 0. The van der Waals surface area contributed by atoms with Crippen LogP contribution in [-0.2, 0) is 6.54 Å². The first-order chi connectivity index (χ1) is 13.6. The van der Waals surface area contributed by atoms with Crippen LogP contribution in [0.25, 0.3) is 10.8 Å². The Morgan fingerprint density at radius 1 is 1.14 bits per heavy atom. The minimum Gasteiger partial charge on any atom is -0.493 e. The summed E-state index contributed by atoms with van der Waals surface area (Å²) in [6.45, 7) is 5.91. The zero-order valence-corrected chi connectivity index (χ0v) is 16.8. The van der Waals surface area contributed by atoms with Gasteiger partial charge in [0.1, 0.15) is 5.75 Å². The molecule has 0 atom stereocenters. The highest BCUT2D eigenvalue weighted by Gasteiger charge is 2.20. The number of piperidine rings is 1. The highest BCUT2D eigenvalue weighted by atomic mass is 35.5. The fourth-order valence-electron chi connectivity index (χ4n) is 3.95. The summed E-state index contributed by atoms with van der Waals surface area (Å²) in [5.74, 6) is 1.39. The Morgan fingerprint density at radius 3 is 2.75 bits per heavy atom. The molecule has 28 heavy (non-hydrogen) atoms. The predicted octanol–water partition coefficient (Wildman–Crippen LogP) is 4.78. The number of pyridine rings is 1. The van der Waals surface area contributed by atoms with E-state index in [1.165, 1.54) is 11.1 Å². The molecule has 3 aromatic rings. The molecule has 4 rings (SSSR count). The monoisotopic (exact) mass is 396 g/mol. The van der Waals surface area contributed by atoms with Crippen molar-refractivity contribution >= 4 is 22.4 Å². The van der Waals surface area contributed by atoms with Gasteiger partial charge in [-0.05, 0) is 91.7 Å². The SMILES string of the molecule is Cc1cc(Cl)cc(CN2CCC(COc3ccc4c(=O)[nH]ccc4c3)CC2)c1. The molecule has 1 fully saturated rings. The second-order valence-electron chi connectivity index (χ2n) is 7.72. The Morgan fingerprint density at radius 2 is 1.96 bits per heavy atom. The lowest BCUT2D eigenvalue weighted by Gasteiger charge is -2.32. The molecule has 1 saturated heterocycles. The molecule has 0 bridgehead atoms.